The van der Waals surface area contributed by atoms with Crippen molar-refractivity contribution in [3.05, 3.63) is 29.6 Å². The summed E-state index contributed by atoms with van der Waals surface area (Å²) in [7, 11) is -0.247. The topological polar surface area (TPSA) is 92.8 Å². The van der Waals surface area contributed by atoms with Crippen molar-refractivity contribution in [3.8, 4) is 0 Å². The standard InChI is InChI=1S/C12H15FN2O5S/c1-15(2)11(16)7-14-21(18,19)10-6-8(13)4-5-9(10)12(17)20-3/h4-6,14H,7H2,1-3H3. The van der Waals surface area contributed by atoms with Gasteiger partial charge in [0.1, 0.15) is 5.82 Å². The lowest BCUT2D eigenvalue weighted by molar-refractivity contribution is -0.127. The van der Waals surface area contributed by atoms with Gasteiger partial charge >= 0.3 is 5.97 Å². The van der Waals surface area contributed by atoms with Crippen molar-refractivity contribution in [1.82, 2.24) is 9.62 Å². The molecule has 0 atom stereocenters. The first-order valence-corrected chi connectivity index (χ1v) is 7.25. The van der Waals surface area contributed by atoms with Gasteiger partial charge < -0.3 is 9.64 Å². The van der Waals surface area contributed by atoms with Crippen LogP contribution >= 0.6 is 0 Å². The summed E-state index contributed by atoms with van der Waals surface area (Å²) in [5.74, 6) is -2.24. The molecule has 7 nitrogen and oxygen atoms in total. The first-order chi connectivity index (χ1) is 9.69. The summed E-state index contributed by atoms with van der Waals surface area (Å²) in [6.07, 6.45) is 0. The molecule has 1 N–H and O–H groups in total. The zero-order valence-corrected chi connectivity index (χ0v) is 12.5. The molecule has 0 radical (unpaired) electrons. The lowest BCUT2D eigenvalue weighted by Gasteiger charge is -2.13. The first-order valence-electron chi connectivity index (χ1n) is 5.76. The van der Waals surface area contributed by atoms with Crippen LogP contribution < -0.4 is 4.72 Å². The third-order valence-corrected chi connectivity index (χ3v) is 3.99. The Hall–Kier alpha value is -2.00. The van der Waals surface area contributed by atoms with Crippen molar-refractivity contribution in [2.45, 2.75) is 4.90 Å². The molecule has 9 heteroatoms. The minimum atomic E-state index is -4.24. The van der Waals surface area contributed by atoms with Crippen LogP contribution in [0.4, 0.5) is 4.39 Å². The van der Waals surface area contributed by atoms with E-state index >= 15 is 0 Å². The van der Waals surface area contributed by atoms with E-state index in [4.69, 9.17) is 0 Å². The van der Waals surface area contributed by atoms with E-state index in [1.54, 1.807) is 0 Å². The van der Waals surface area contributed by atoms with Gasteiger partial charge in [0.15, 0.2) is 0 Å². The van der Waals surface area contributed by atoms with Gasteiger partial charge in [0.25, 0.3) is 0 Å². The Labute approximate surface area is 121 Å². The van der Waals surface area contributed by atoms with Gasteiger partial charge in [-0.3, -0.25) is 4.79 Å². The van der Waals surface area contributed by atoms with Gasteiger partial charge in [-0.25, -0.2) is 22.3 Å². The molecule has 0 fully saturated rings. The van der Waals surface area contributed by atoms with Crippen LogP contribution in [-0.4, -0.2) is 52.9 Å². The van der Waals surface area contributed by atoms with Crippen molar-refractivity contribution >= 4 is 21.9 Å². The first kappa shape index (κ1) is 17.1. The van der Waals surface area contributed by atoms with Gasteiger partial charge in [-0.15, -0.1) is 0 Å². The highest BCUT2D eigenvalue weighted by atomic mass is 32.2. The molecule has 1 rings (SSSR count). The van der Waals surface area contributed by atoms with Crippen molar-refractivity contribution in [1.29, 1.82) is 0 Å². The second-order valence-corrected chi connectivity index (χ2v) is 5.98. The Bertz CT molecular complexity index is 658. The molecule has 1 aromatic rings. The number of benzene rings is 1. The van der Waals surface area contributed by atoms with Crippen LogP contribution in [0.2, 0.25) is 0 Å². The number of carbonyl (C=O) groups excluding carboxylic acids is 2. The molecule has 0 saturated carbocycles. The molecule has 1 aromatic carbocycles. The number of esters is 1. The molecule has 0 spiro atoms. The number of nitrogens with one attached hydrogen (secondary N) is 1. The Balaban J connectivity index is 3.15. The molecule has 0 aliphatic rings. The quantitative estimate of drug-likeness (QED) is 0.770. The zero-order valence-electron chi connectivity index (χ0n) is 11.7. The smallest absolute Gasteiger partial charge is 0.339 e. The van der Waals surface area contributed by atoms with Crippen LogP contribution in [0.5, 0.6) is 0 Å². The summed E-state index contributed by atoms with van der Waals surface area (Å²) in [6.45, 7) is -0.507. The van der Waals surface area contributed by atoms with Crippen LogP contribution in [0.25, 0.3) is 0 Å². The number of halogens is 1. The maximum absolute atomic E-state index is 13.3. The van der Waals surface area contributed by atoms with Gasteiger partial charge in [0.05, 0.1) is 24.1 Å². The normalized spacial score (nSPS) is 11.0. The van der Waals surface area contributed by atoms with Crippen LogP contribution in [0, 0.1) is 5.82 Å². The monoisotopic (exact) mass is 318 g/mol. The predicted molar refractivity (Wildman–Crippen MR) is 71.6 cm³/mol. The molecule has 0 aromatic heterocycles. The summed E-state index contributed by atoms with van der Waals surface area (Å²) in [6, 6.07) is 2.63. The summed E-state index contributed by atoms with van der Waals surface area (Å²) < 4.78 is 43.9. The Morgan fingerprint density at radius 1 is 1.33 bits per heavy atom. The largest absolute Gasteiger partial charge is 0.465 e. The zero-order chi connectivity index (χ0) is 16.2. The fourth-order valence-electron chi connectivity index (χ4n) is 1.39. The third kappa shape index (κ3) is 4.23. The Kier molecular flexibility index (Phi) is 5.39. The van der Waals surface area contributed by atoms with Gasteiger partial charge in [0.2, 0.25) is 15.9 Å². The average molecular weight is 318 g/mol. The maximum Gasteiger partial charge on any atom is 0.339 e. The third-order valence-electron chi connectivity index (χ3n) is 2.55. The number of likely N-dealkylation sites (N-methyl/N-ethyl adjacent to an activating group) is 1. The fourth-order valence-corrected chi connectivity index (χ4v) is 2.57. The number of rotatable bonds is 5. The second-order valence-electron chi connectivity index (χ2n) is 4.24. The molecule has 0 unspecified atom stereocenters. The van der Waals surface area contributed by atoms with E-state index in [0.29, 0.717) is 6.07 Å². The number of nitrogens with zero attached hydrogens (tertiary/aromatic N) is 1. The van der Waals surface area contributed by atoms with E-state index in [1.807, 2.05) is 4.72 Å². The number of amides is 1. The van der Waals surface area contributed by atoms with E-state index in [0.717, 1.165) is 19.2 Å². The molecular weight excluding hydrogens is 303 g/mol. The molecule has 0 bridgehead atoms. The summed E-state index contributed by atoms with van der Waals surface area (Å²) in [5, 5.41) is 0. The number of sulfonamides is 1. The van der Waals surface area contributed by atoms with Crippen LogP contribution in [0.1, 0.15) is 10.4 Å². The van der Waals surface area contributed by atoms with Gasteiger partial charge in [0, 0.05) is 14.1 Å². The van der Waals surface area contributed by atoms with Gasteiger partial charge in [-0.1, -0.05) is 0 Å². The second kappa shape index (κ2) is 6.64. The average Bonchev–Trinajstić information content (AvgIpc) is 2.43. The van der Waals surface area contributed by atoms with Gasteiger partial charge in [-0.05, 0) is 18.2 Å². The summed E-state index contributed by atoms with van der Waals surface area (Å²) in [5.41, 5.74) is -0.316. The molecule has 0 aliphatic heterocycles. The van der Waals surface area contributed by atoms with E-state index in [2.05, 4.69) is 4.74 Å². The van der Waals surface area contributed by atoms with Crippen LogP contribution in [-0.2, 0) is 19.6 Å². The number of hydrogen-bond donors (Lipinski definition) is 1. The van der Waals surface area contributed by atoms with Crippen LogP contribution in [0.15, 0.2) is 23.1 Å². The van der Waals surface area contributed by atoms with Crippen LogP contribution in [0.3, 0.4) is 0 Å². The minimum Gasteiger partial charge on any atom is -0.465 e. The van der Waals surface area contributed by atoms with Crippen molar-refractivity contribution in [2.75, 3.05) is 27.7 Å². The van der Waals surface area contributed by atoms with Crippen molar-refractivity contribution in [2.24, 2.45) is 0 Å². The van der Waals surface area contributed by atoms with Gasteiger partial charge in [-0.2, -0.15) is 0 Å². The highest BCUT2D eigenvalue weighted by Crippen LogP contribution is 2.18. The highest BCUT2D eigenvalue weighted by Gasteiger charge is 2.24. The number of ether oxygens (including phenoxy) is 1. The minimum absolute atomic E-state index is 0.316. The number of hydrogen-bond acceptors (Lipinski definition) is 5. The number of methoxy groups -OCH3 is 1. The lowest BCUT2D eigenvalue weighted by Crippen LogP contribution is -2.36. The summed E-state index contributed by atoms with van der Waals surface area (Å²) in [4.78, 5) is 23.5. The molecule has 21 heavy (non-hydrogen) atoms. The molecular formula is C12H15FN2O5S. The highest BCUT2D eigenvalue weighted by molar-refractivity contribution is 7.89. The van der Waals surface area contributed by atoms with E-state index < -0.39 is 39.2 Å². The fraction of sp³-hybridized carbons (Fsp3) is 0.333. The Morgan fingerprint density at radius 2 is 1.95 bits per heavy atom. The van der Waals surface area contributed by atoms with Crippen molar-refractivity contribution in [3.63, 3.8) is 0 Å². The SMILES string of the molecule is COC(=O)c1ccc(F)cc1S(=O)(=O)NCC(=O)N(C)C. The van der Waals surface area contributed by atoms with E-state index in [-0.39, 0.29) is 5.56 Å². The van der Waals surface area contributed by atoms with E-state index in [9.17, 15) is 22.4 Å². The molecule has 0 saturated heterocycles. The molecule has 1 amide bonds. The molecule has 0 aliphatic carbocycles. The maximum atomic E-state index is 13.3. The molecule has 0 heterocycles. The predicted octanol–water partition coefficient (Wildman–Crippen LogP) is -0.0212. The summed E-state index contributed by atoms with van der Waals surface area (Å²) >= 11 is 0. The Morgan fingerprint density at radius 3 is 2.48 bits per heavy atom. The van der Waals surface area contributed by atoms with Crippen molar-refractivity contribution < 1.29 is 27.1 Å². The van der Waals surface area contributed by atoms with E-state index in [1.165, 1.54) is 19.0 Å². The molecule has 116 valence electrons. The lowest BCUT2D eigenvalue weighted by atomic mass is 10.2. The number of carbonyl (C=O) groups is 2.